The molecular weight excluding hydrogens is 287 g/mol. The van der Waals surface area contributed by atoms with Gasteiger partial charge in [0.25, 0.3) is 0 Å². The third kappa shape index (κ3) is 4.24. The Hall–Kier alpha value is -2.52. The third-order valence-corrected chi connectivity index (χ3v) is 3.82. The summed E-state index contributed by atoms with van der Waals surface area (Å²) in [5.41, 5.74) is 2.81. The van der Waals surface area contributed by atoms with Crippen LogP contribution in [0.25, 0.3) is 0 Å². The molecule has 0 unspecified atom stereocenters. The molecule has 3 heteroatoms. The highest BCUT2D eigenvalue weighted by Crippen LogP contribution is 2.21. The number of benzene rings is 2. The van der Waals surface area contributed by atoms with Gasteiger partial charge in [-0.25, -0.2) is 4.39 Å². The molecule has 0 fully saturated rings. The van der Waals surface area contributed by atoms with Gasteiger partial charge in [-0.2, -0.15) is 0 Å². The second-order valence-electron chi connectivity index (χ2n) is 5.47. The molecule has 0 saturated heterocycles. The van der Waals surface area contributed by atoms with Gasteiger partial charge in [-0.05, 0) is 30.2 Å². The third-order valence-electron chi connectivity index (χ3n) is 3.82. The van der Waals surface area contributed by atoms with E-state index in [4.69, 9.17) is 0 Å². The smallest absolute Gasteiger partial charge is 0.127 e. The number of hydrogen-bond donors (Lipinski definition) is 1. The molecule has 23 heavy (non-hydrogen) atoms. The van der Waals surface area contributed by atoms with Crippen molar-refractivity contribution in [3.63, 3.8) is 0 Å². The van der Waals surface area contributed by atoms with E-state index in [2.05, 4.69) is 22.4 Å². The first-order chi connectivity index (χ1) is 11.3. The standard InChI is InChI=1S/C20H19FN2/c21-19-12-5-4-11-18(19)20(14-16-8-2-1-3-9-16)23-15-17-10-6-7-13-22-17/h1-13,20,23H,14-15H2/t20-/m1/s1. The Morgan fingerprint density at radius 3 is 2.35 bits per heavy atom. The van der Waals surface area contributed by atoms with Crippen molar-refractivity contribution in [1.82, 2.24) is 10.3 Å². The van der Waals surface area contributed by atoms with Crippen molar-refractivity contribution in [1.29, 1.82) is 0 Å². The van der Waals surface area contributed by atoms with Crippen LogP contribution in [0.15, 0.2) is 79.0 Å². The summed E-state index contributed by atoms with van der Waals surface area (Å²) in [4.78, 5) is 4.32. The summed E-state index contributed by atoms with van der Waals surface area (Å²) in [5, 5.41) is 3.44. The molecule has 1 aromatic heterocycles. The number of nitrogens with zero attached hydrogens (tertiary/aromatic N) is 1. The van der Waals surface area contributed by atoms with Gasteiger partial charge in [-0.3, -0.25) is 4.98 Å². The van der Waals surface area contributed by atoms with E-state index in [1.54, 1.807) is 12.3 Å². The number of hydrogen-bond acceptors (Lipinski definition) is 2. The number of pyridine rings is 1. The minimum atomic E-state index is -0.179. The summed E-state index contributed by atoms with van der Waals surface area (Å²) >= 11 is 0. The van der Waals surface area contributed by atoms with Crippen molar-refractivity contribution >= 4 is 0 Å². The zero-order chi connectivity index (χ0) is 15.9. The highest BCUT2D eigenvalue weighted by atomic mass is 19.1. The number of rotatable bonds is 6. The molecule has 0 saturated carbocycles. The quantitative estimate of drug-likeness (QED) is 0.734. The minimum absolute atomic E-state index is 0.0967. The van der Waals surface area contributed by atoms with Gasteiger partial charge >= 0.3 is 0 Å². The molecule has 0 aliphatic heterocycles. The summed E-state index contributed by atoms with van der Waals surface area (Å²) in [6.07, 6.45) is 2.50. The molecule has 0 aliphatic carbocycles. The van der Waals surface area contributed by atoms with Crippen LogP contribution in [0.1, 0.15) is 22.9 Å². The maximum Gasteiger partial charge on any atom is 0.127 e. The predicted molar refractivity (Wildman–Crippen MR) is 90.4 cm³/mol. The Balaban J connectivity index is 1.80. The van der Waals surface area contributed by atoms with Crippen molar-refractivity contribution in [2.24, 2.45) is 0 Å². The fraction of sp³-hybridized carbons (Fsp3) is 0.150. The normalized spacial score (nSPS) is 12.0. The molecule has 1 N–H and O–H groups in total. The summed E-state index contributed by atoms with van der Waals surface area (Å²) in [7, 11) is 0. The molecule has 0 amide bonds. The molecule has 0 spiro atoms. The van der Waals surface area contributed by atoms with Gasteiger partial charge in [-0.15, -0.1) is 0 Å². The Morgan fingerprint density at radius 2 is 1.61 bits per heavy atom. The Morgan fingerprint density at radius 1 is 0.870 bits per heavy atom. The lowest BCUT2D eigenvalue weighted by Gasteiger charge is -2.20. The van der Waals surface area contributed by atoms with E-state index in [9.17, 15) is 4.39 Å². The molecule has 116 valence electrons. The molecule has 0 radical (unpaired) electrons. The van der Waals surface area contributed by atoms with Crippen LogP contribution in [0.4, 0.5) is 4.39 Å². The van der Waals surface area contributed by atoms with Gasteiger partial charge in [0, 0.05) is 24.3 Å². The molecular formula is C20H19FN2. The van der Waals surface area contributed by atoms with Crippen LogP contribution in [0, 0.1) is 5.82 Å². The van der Waals surface area contributed by atoms with Crippen molar-refractivity contribution < 1.29 is 4.39 Å². The maximum absolute atomic E-state index is 14.2. The van der Waals surface area contributed by atoms with Gasteiger partial charge in [-0.1, -0.05) is 54.6 Å². The molecule has 1 atom stereocenters. The highest BCUT2D eigenvalue weighted by molar-refractivity contribution is 5.25. The number of nitrogens with one attached hydrogen (secondary N) is 1. The van der Waals surface area contributed by atoms with Crippen LogP contribution < -0.4 is 5.32 Å². The Bertz CT molecular complexity index is 729. The van der Waals surface area contributed by atoms with Crippen molar-refractivity contribution in [2.45, 2.75) is 19.0 Å². The molecule has 3 rings (SSSR count). The molecule has 2 aromatic carbocycles. The average Bonchev–Trinajstić information content (AvgIpc) is 2.61. The van der Waals surface area contributed by atoms with Crippen LogP contribution in [-0.4, -0.2) is 4.98 Å². The minimum Gasteiger partial charge on any atom is -0.304 e. The largest absolute Gasteiger partial charge is 0.304 e. The molecule has 0 bridgehead atoms. The van der Waals surface area contributed by atoms with E-state index in [0.29, 0.717) is 12.1 Å². The van der Waals surface area contributed by atoms with Crippen molar-refractivity contribution in [3.05, 3.63) is 102 Å². The average molecular weight is 306 g/mol. The molecule has 2 nitrogen and oxygen atoms in total. The van der Waals surface area contributed by atoms with Crippen LogP contribution in [-0.2, 0) is 13.0 Å². The number of aromatic nitrogens is 1. The van der Waals surface area contributed by atoms with E-state index in [1.165, 1.54) is 11.6 Å². The van der Waals surface area contributed by atoms with E-state index in [1.807, 2.05) is 48.5 Å². The SMILES string of the molecule is Fc1ccccc1[C@@H](Cc1ccccc1)NCc1ccccn1. The first-order valence-corrected chi connectivity index (χ1v) is 7.74. The van der Waals surface area contributed by atoms with Gasteiger partial charge in [0.05, 0.1) is 5.69 Å². The van der Waals surface area contributed by atoms with Gasteiger partial charge in [0.15, 0.2) is 0 Å². The molecule has 3 aromatic rings. The summed E-state index contributed by atoms with van der Waals surface area (Å²) in [5.74, 6) is -0.179. The molecule has 1 heterocycles. The van der Waals surface area contributed by atoms with E-state index in [-0.39, 0.29) is 11.9 Å². The fourth-order valence-electron chi connectivity index (χ4n) is 2.63. The van der Waals surface area contributed by atoms with Crippen molar-refractivity contribution in [2.75, 3.05) is 0 Å². The fourth-order valence-corrected chi connectivity index (χ4v) is 2.63. The lowest BCUT2D eigenvalue weighted by atomic mass is 9.98. The van der Waals surface area contributed by atoms with E-state index < -0.39 is 0 Å². The van der Waals surface area contributed by atoms with Gasteiger partial charge in [0.1, 0.15) is 5.82 Å². The zero-order valence-corrected chi connectivity index (χ0v) is 12.8. The molecule has 0 aliphatic rings. The predicted octanol–water partition coefficient (Wildman–Crippen LogP) is 4.29. The van der Waals surface area contributed by atoms with Crippen LogP contribution in [0.2, 0.25) is 0 Å². The van der Waals surface area contributed by atoms with Crippen LogP contribution in [0.5, 0.6) is 0 Å². The first kappa shape index (κ1) is 15.4. The topological polar surface area (TPSA) is 24.9 Å². The van der Waals surface area contributed by atoms with Crippen LogP contribution >= 0.6 is 0 Å². The lowest BCUT2D eigenvalue weighted by molar-refractivity contribution is 0.493. The van der Waals surface area contributed by atoms with Gasteiger partial charge < -0.3 is 5.32 Å². The van der Waals surface area contributed by atoms with E-state index >= 15 is 0 Å². The van der Waals surface area contributed by atoms with E-state index in [0.717, 1.165) is 12.1 Å². The number of halogens is 1. The zero-order valence-electron chi connectivity index (χ0n) is 12.8. The summed E-state index contributed by atoms with van der Waals surface area (Å²) in [6, 6.07) is 22.8. The Labute approximate surface area is 136 Å². The highest BCUT2D eigenvalue weighted by Gasteiger charge is 2.15. The summed E-state index contributed by atoms with van der Waals surface area (Å²) in [6.45, 7) is 0.604. The monoisotopic (exact) mass is 306 g/mol. The summed E-state index contributed by atoms with van der Waals surface area (Å²) < 4.78 is 14.2. The second kappa shape index (κ2) is 7.65. The second-order valence-corrected chi connectivity index (χ2v) is 5.47. The van der Waals surface area contributed by atoms with Gasteiger partial charge in [0.2, 0.25) is 0 Å². The first-order valence-electron chi connectivity index (χ1n) is 7.74. The Kier molecular flexibility index (Phi) is 5.12. The lowest BCUT2D eigenvalue weighted by Crippen LogP contribution is -2.24. The van der Waals surface area contributed by atoms with Crippen molar-refractivity contribution in [3.8, 4) is 0 Å². The van der Waals surface area contributed by atoms with Crippen LogP contribution in [0.3, 0.4) is 0 Å². The maximum atomic E-state index is 14.2.